The molecule has 4 rings (SSSR count). The van der Waals surface area contributed by atoms with E-state index in [0.717, 1.165) is 5.56 Å². The first kappa shape index (κ1) is 15.2. The van der Waals surface area contributed by atoms with Crippen LogP contribution in [0.1, 0.15) is 11.3 Å². The molecule has 25 heavy (non-hydrogen) atoms. The summed E-state index contributed by atoms with van der Waals surface area (Å²) in [5, 5.41) is 0.518. The molecule has 2 aromatic carbocycles. The molecule has 124 valence electrons. The average molecular weight is 332 g/mol. The molecule has 0 amide bonds. The summed E-state index contributed by atoms with van der Waals surface area (Å²) in [7, 11) is 0. The number of benzene rings is 2. The van der Waals surface area contributed by atoms with E-state index in [1.807, 2.05) is 36.4 Å². The SMILES string of the molecule is O=c1c2ccccc2n(Cc2ccccc2)c(=O)n1Cc1ccco1. The Morgan fingerprint density at radius 2 is 1.52 bits per heavy atom. The molecule has 0 aliphatic heterocycles. The average Bonchev–Trinajstić information content (AvgIpc) is 3.16. The Bertz CT molecular complexity index is 1120. The Morgan fingerprint density at radius 1 is 0.760 bits per heavy atom. The minimum absolute atomic E-state index is 0.115. The van der Waals surface area contributed by atoms with Crippen molar-refractivity contribution in [2.75, 3.05) is 0 Å². The third-order valence-electron chi connectivity index (χ3n) is 4.21. The van der Waals surface area contributed by atoms with Crippen LogP contribution in [0, 0.1) is 0 Å². The second kappa shape index (κ2) is 6.28. The van der Waals surface area contributed by atoms with Crippen molar-refractivity contribution in [3.8, 4) is 0 Å². The summed E-state index contributed by atoms with van der Waals surface area (Å²) in [6.45, 7) is 0.517. The van der Waals surface area contributed by atoms with E-state index in [4.69, 9.17) is 4.42 Å². The third kappa shape index (κ3) is 2.80. The highest BCUT2D eigenvalue weighted by Gasteiger charge is 2.14. The molecule has 2 aromatic heterocycles. The number of furan rings is 1. The molecule has 0 atom stereocenters. The quantitative estimate of drug-likeness (QED) is 0.577. The van der Waals surface area contributed by atoms with Crippen LogP contribution >= 0.6 is 0 Å². The zero-order chi connectivity index (χ0) is 17.2. The van der Waals surface area contributed by atoms with Gasteiger partial charge in [-0.1, -0.05) is 42.5 Å². The van der Waals surface area contributed by atoms with Gasteiger partial charge in [-0.25, -0.2) is 4.79 Å². The van der Waals surface area contributed by atoms with Crippen molar-refractivity contribution in [3.05, 3.63) is 105 Å². The van der Waals surface area contributed by atoms with Gasteiger partial charge in [0.05, 0.1) is 30.3 Å². The van der Waals surface area contributed by atoms with E-state index in [9.17, 15) is 9.59 Å². The lowest BCUT2D eigenvalue weighted by molar-refractivity contribution is 0.479. The molecule has 0 saturated carbocycles. The van der Waals surface area contributed by atoms with Crippen molar-refractivity contribution in [1.29, 1.82) is 0 Å². The van der Waals surface area contributed by atoms with Crippen LogP contribution < -0.4 is 11.2 Å². The number of fused-ring (bicyclic) bond motifs is 1. The zero-order valence-corrected chi connectivity index (χ0v) is 13.5. The number of rotatable bonds is 4. The lowest BCUT2D eigenvalue weighted by Crippen LogP contribution is -2.40. The molecular weight excluding hydrogens is 316 g/mol. The van der Waals surface area contributed by atoms with Gasteiger partial charge in [-0.3, -0.25) is 13.9 Å². The van der Waals surface area contributed by atoms with Crippen LogP contribution in [0.25, 0.3) is 10.9 Å². The van der Waals surface area contributed by atoms with Crippen molar-refractivity contribution in [1.82, 2.24) is 9.13 Å². The predicted molar refractivity (Wildman–Crippen MR) is 95.8 cm³/mol. The van der Waals surface area contributed by atoms with Crippen LogP contribution in [0.5, 0.6) is 0 Å². The minimum atomic E-state index is -0.344. The maximum absolute atomic E-state index is 13.0. The first-order chi connectivity index (χ1) is 12.2. The summed E-state index contributed by atoms with van der Waals surface area (Å²) >= 11 is 0. The Morgan fingerprint density at radius 3 is 2.28 bits per heavy atom. The Kier molecular flexibility index (Phi) is 3.82. The highest BCUT2D eigenvalue weighted by molar-refractivity contribution is 5.77. The first-order valence-electron chi connectivity index (χ1n) is 8.03. The fraction of sp³-hybridized carbons (Fsp3) is 0.100. The van der Waals surface area contributed by atoms with Gasteiger partial charge in [0.25, 0.3) is 5.56 Å². The lowest BCUT2D eigenvalue weighted by Gasteiger charge is -2.13. The summed E-state index contributed by atoms with van der Waals surface area (Å²) in [5.41, 5.74) is 0.986. The van der Waals surface area contributed by atoms with Crippen LogP contribution in [0.3, 0.4) is 0 Å². The van der Waals surface area contributed by atoms with E-state index < -0.39 is 0 Å². The highest BCUT2D eigenvalue weighted by atomic mass is 16.3. The Balaban J connectivity index is 1.94. The second-order valence-electron chi connectivity index (χ2n) is 5.84. The van der Waals surface area contributed by atoms with E-state index in [1.54, 1.807) is 34.9 Å². The molecule has 0 aliphatic carbocycles. The Labute approximate surface area is 143 Å². The van der Waals surface area contributed by atoms with Crippen LogP contribution in [0.4, 0.5) is 0 Å². The van der Waals surface area contributed by atoms with Gasteiger partial charge in [0.2, 0.25) is 0 Å². The fourth-order valence-corrected chi connectivity index (χ4v) is 2.99. The molecule has 5 nitrogen and oxygen atoms in total. The zero-order valence-electron chi connectivity index (χ0n) is 13.5. The third-order valence-corrected chi connectivity index (χ3v) is 4.21. The van der Waals surface area contributed by atoms with Gasteiger partial charge in [-0.15, -0.1) is 0 Å². The molecule has 0 saturated heterocycles. The molecule has 2 heterocycles. The van der Waals surface area contributed by atoms with E-state index in [2.05, 4.69) is 0 Å². The van der Waals surface area contributed by atoms with Crippen LogP contribution in [0.15, 0.2) is 87.0 Å². The van der Waals surface area contributed by atoms with Gasteiger partial charge in [0.15, 0.2) is 0 Å². The van der Waals surface area contributed by atoms with Gasteiger partial charge in [-0.2, -0.15) is 0 Å². The summed E-state index contributed by atoms with van der Waals surface area (Å²) in [6.07, 6.45) is 1.53. The monoisotopic (exact) mass is 332 g/mol. The first-order valence-corrected chi connectivity index (χ1v) is 8.03. The van der Waals surface area contributed by atoms with Gasteiger partial charge in [-0.05, 0) is 29.8 Å². The van der Waals surface area contributed by atoms with Crippen LogP contribution in [0.2, 0.25) is 0 Å². The molecular formula is C20H16N2O3. The smallest absolute Gasteiger partial charge is 0.332 e. The Hall–Kier alpha value is -3.34. The van der Waals surface area contributed by atoms with Gasteiger partial charge in [0.1, 0.15) is 5.76 Å². The van der Waals surface area contributed by atoms with E-state index in [-0.39, 0.29) is 17.8 Å². The number of hydrogen-bond acceptors (Lipinski definition) is 3. The summed E-state index contributed by atoms with van der Waals surface area (Å²) in [6, 6.07) is 20.4. The molecule has 0 N–H and O–H groups in total. The fourth-order valence-electron chi connectivity index (χ4n) is 2.99. The molecule has 0 radical (unpaired) electrons. The summed E-state index contributed by atoms with van der Waals surface area (Å²) in [4.78, 5) is 25.8. The molecule has 0 aliphatic rings. The molecule has 0 spiro atoms. The standard InChI is InChI=1S/C20H16N2O3/c23-19-17-10-4-5-11-18(17)21(13-15-7-2-1-3-8-15)20(24)22(19)14-16-9-6-12-25-16/h1-12H,13-14H2. The van der Waals surface area contributed by atoms with Crippen molar-refractivity contribution in [2.45, 2.75) is 13.1 Å². The van der Waals surface area contributed by atoms with Crippen LogP contribution in [-0.4, -0.2) is 9.13 Å². The van der Waals surface area contributed by atoms with Crippen molar-refractivity contribution < 1.29 is 4.42 Å². The van der Waals surface area contributed by atoms with Crippen molar-refractivity contribution in [3.63, 3.8) is 0 Å². The van der Waals surface area contributed by atoms with Crippen LogP contribution in [-0.2, 0) is 13.1 Å². The largest absolute Gasteiger partial charge is 0.467 e. The van der Waals surface area contributed by atoms with Crippen molar-refractivity contribution >= 4 is 10.9 Å². The second-order valence-corrected chi connectivity index (χ2v) is 5.84. The normalized spacial score (nSPS) is 11.0. The number of para-hydroxylation sites is 1. The topological polar surface area (TPSA) is 57.1 Å². The van der Waals surface area contributed by atoms with Gasteiger partial charge >= 0.3 is 5.69 Å². The van der Waals surface area contributed by atoms with E-state index >= 15 is 0 Å². The number of hydrogen-bond donors (Lipinski definition) is 0. The highest BCUT2D eigenvalue weighted by Crippen LogP contribution is 2.11. The van der Waals surface area contributed by atoms with Gasteiger partial charge in [0, 0.05) is 0 Å². The van der Waals surface area contributed by atoms with E-state index in [1.165, 1.54) is 10.8 Å². The molecule has 0 unspecified atom stereocenters. The van der Waals surface area contributed by atoms with Crippen molar-refractivity contribution in [2.24, 2.45) is 0 Å². The van der Waals surface area contributed by atoms with Gasteiger partial charge < -0.3 is 4.42 Å². The number of nitrogens with zero attached hydrogens (tertiary/aromatic N) is 2. The molecule has 0 bridgehead atoms. The number of aromatic nitrogens is 2. The molecule has 4 aromatic rings. The maximum atomic E-state index is 13.0. The maximum Gasteiger partial charge on any atom is 0.332 e. The molecule has 0 fully saturated rings. The predicted octanol–water partition coefficient (Wildman–Crippen LogP) is 2.85. The summed E-state index contributed by atoms with van der Waals surface area (Å²) in [5.74, 6) is 0.570. The van der Waals surface area contributed by atoms with E-state index in [0.29, 0.717) is 23.2 Å². The lowest BCUT2D eigenvalue weighted by atomic mass is 10.2. The minimum Gasteiger partial charge on any atom is -0.467 e. The molecule has 5 heteroatoms. The summed E-state index contributed by atoms with van der Waals surface area (Å²) < 4.78 is 8.17.